The van der Waals surface area contributed by atoms with Crippen LogP contribution in [0.1, 0.15) is 30.3 Å². The Morgan fingerprint density at radius 3 is 2.55 bits per heavy atom. The van der Waals surface area contributed by atoms with Crippen LogP contribution in [-0.4, -0.2) is 81.4 Å². The molecule has 0 spiro atoms. The van der Waals surface area contributed by atoms with Gasteiger partial charge in [0.1, 0.15) is 5.82 Å². The molecule has 1 saturated heterocycles. The van der Waals surface area contributed by atoms with Gasteiger partial charge in [-0.2, -0.15) is 0 Å². The van der Waals surface area contributed by atoms with Crippen molar-refractivity contribution < 1.29 is 9.59 Å². The van der Waals surface area contributed by atoms with E-state index in [0.717, 1.165) is 28.7 Å². The van der Waals surface area contributed by atoms with Gasteiger partial charge in [0.2, 0.25) is 11.8 Å². The lowest BCUT2D eigenvalue weighted by Crippen LogP contribution is -2.51. The second-order valence-corrected chi connectivity index (χ2v) is 8.89. The van der Waals surface area contributed by atoms with Gasteiger partial charge in [-0.25, -0.2) is 0 Å². The van der Waals surface area contributed by atoms with Crippen LogP contribution in [0.25, 0.3) is 5.69 Å². The molecule has 1 aromatic heterocycles. The van der Waals surface area contributed by atoms with E-state index < -0.39 is 0 Å². The van der Waals surface area contributed by atoms with Crippen molar-refractivity contribution >= 4 is 23.6 Å². The lowest BCUT2D eigenvalue weighted by atomic mass is 10.1. The van der Waals surface area contributed by atoms with Gasteiger partial charge in [0, 0.05) is 32.7 Å². The first-order valence-electron chi connectivity index (χ1n) is 10.8. The van der Waals surface area contributed by atoms with Gasteiger partial charge in [-0.1, -0.05) is 30.8 Å². The SMILES string of the molecule is CCCNC(=O)CN1CCN(C(=O)CSc2nnc(C)n2-c2cc(C)ccc2C)CC1. The van der Waals surface area contributed by atoms with Gasteiger partial charge < -0.3 is 10.2 Å². The Balaban J connectivity index is 1.54. The van der Waals surface area contributed by atoms with E-state index >= 15 is 0 Å². The zero-order valence-corrected chi connectivity index (χ0v) is 19.7. The third-order valence-electron chi connectivity index (χ3n) is 5.39. The lowest BCUT2D eigenvalue weighted by molar-refractivity contribution is -0.130. The molecule has 1 fully saturated rings. The average Bonchev–Trinajstić information content (AvgIpc) is 3.13. The number of nitrogens with zero attached hydrogens (tertiary/aromatic N) is 5. The quantitative estimate of drug-likeness (QED) is 0.627. The molecular weight excluding hydrogens is 412 g/mol. The number of aromatic nitrogens is 3. The van der Waals surface area contributed by atoms with E-state index in [1.165, 1.54) is 17.3 Å². The number of nitrogens with one attached hydrogen (secondary N) is 1. The van der Waals surface area contributed by atoms with E-state index in [9.17, 15) is 9.59 Å². The van der Waals surface area contributed by atoms with E-state index in [0.29, 0.717) is 45.0 Å². The molecule has 9 heteroatoms. The smallest absolute Gasteiger partial charge is 0.234 e. The summed E-state index contributed by atoms with van der Waals surface area (Å²) in [7, 11) is 0. The second-order valence-electron chi connectivity index (χ2n) is 7.95. The zero-order chi connectivity index (χ0) is 22.4. The van der Waals surface area contributed by atoms with Gasteiger partial charge in [0.15, 0.2) is 5.16 Å². The second kappa shape index (κ2) is 10.8. The molecule has 3 rings (SSSR count). The highest BCUT2D eigenvalue weighted by atomic mass is 32.2. The van der Waals surface area contributed by atoms with Gasteiger partial charge >= 0.3 is 0 Å². The Morgan fingerprint density at radius 2 is 1.84 bits per heavy atom. The maximum absolute atomic E-state index is 12.8. The summed E-state index contributed by atoms with van der Waals surface area (Å²) < 4.78 is 2.02. The maximum Gasteiger partial charge on any atom is 0.234 e. The molecule has 168 valence electrons. The number of carbonyl (C=O) groups excluding carboxylic acids is 2. The van der Waals surface area contributed by atoms with Crippen LogP contribution >= 0.6 is 11.8 Å². The lowest BCUT2D eigenvalue weighted by Gasteiger charge is -2.34. The molecule has 0 aliphatic carbocycles. The maximum atomic E-state index is 12.8. The number of thioether (sulfide) groups is 1. The van der Waals surface area contributed by atoms with E-state index in [4.69, 9.17) is 0 Å². The molecule has 1 N–H and O–H groups in total. The Kier molecular flexibility index (Phi) is 8.09. The molecule has 0 unspecified atom stereocenters. The third kappa shape index (κ3) is 6.07. The van der Waals surface area contributed by atoms with Crippen LogP contribution in [-0.2, 0) is 9.59 Å². The topological polar surface area (TPSA) is 83.4 Å². The number of hydrogen-bond donors (Lipinski definition) is 1. The van der Waals surface area contributed by atoms with Gasteiger partial charge in [-0.3, -0.25) is 19.1 Å². The summed E-state index contributed by atoms with van der Waals surface area (Å²) in [6, 6.07) is 6.29. The first-order valence-corrected chi connectivity index (χ1v) is 11.8. The molecule has 2 amide bonds. The number of amides is 2. The monoisotopic (exact) mass is 444 g/mol. The predicted octanol–water partition coefficient (Wildman–Crippen LogP) is 1.96. The van der Waals surface area contributed by atoms with Crippen molar-refractivity contribution in [2.24, 2.45) is 0 Å². The molecule has 0 bridgehead atoms. The third-order valence-corrected chi connectivity index (χ3v) is 6.30. The Morgan fingerprint density at radius 1 is 1.10 bits per heavy atom. The van der Waals surface area contributed by atoms with Crippen LogP contribution < -0.4 is 5.32 Å². The molecule has 1 aliphatic rings. The fourth-order valence-electron chi connectivity index (χ4n) is 3.57. The molecule has 31 heavy (non-hydrogen) atoms. The highest BCUT2D eigenvalue weighted by Gasteiger charge is 2.23. The number of carbonyl (C=O) groups is 2. The van der Waals surface area contributed by atoms with Crippen LogP contribution in [0.15, 0.2) is 23.4 Å². The minimum Gasteiger partial charge on any atom is -0.355 e. The van der Waals surface area contributed by atoms with E-state index in [-0.39, 0.29) is 11.8 Å². The average molecular weight is 445 g/mol. The fourth-order valence-corrected chi connectivity index (χ4v) is 4.46. The van der Waals surface area contributed by atoms with Crippen LogP contribution in [0.5, 0.6) is 0 Å². The standard InChI is InChI=1S/C22H32N6O2S/c1-5-8-23-20(29)14-26-9-11-27(12-10-26)21(30)15-31-22-25-24-18(4)28(22)19-13-16(2)6-7-17(19)3/h6-7,13H,5,8-12,14-15H2,1-4H3,(H,23,29). The molecule has 0 atom stereocenters. The van der Waals surface area contributed by atoms with Crippen LogP contribution in [0.3, 0.4) is 0 Å². The van der Waals surface area contributed by atoms with Gasteiger partial charge in [0.25, 0.3) is 0 Å². The van der Waals surface area contributed by atoms with Crippen molar-refractivity contribution in [2.75, 3.05) is 45.0 Å². The molecule has 1 aliphatic heterocycles. The normalized spacial score (nSPS) is 14.6. The number of benzene rings is 1. The van der Waals surface area contributed by atoms with Gasteiger partial charge in [0.05, 0.1) is 18.0 Å². The Labute approximate surface area is 188 Å². The molecule has 8 nitrogen and oxygen atoms in total. The van der Waals surface area contributed by atoms with Gasteiger partial charge in [-0.05, 0) is 44.4 Å². The predicted molar refractivity (Wildman–Crippen MR) is 123 cm³/mol. The van der Waals surface area contributed by atoms with Crippen molar-refractivity contribution in [3.8, 4) is 5.69 Å². The Hall–Kier alpha value is -2.39. The molecule has 0 saturated carbocycles. The van der Waals surface area contributed by atoms with E-state index in [1.807, 2.05) is 23.3 Å². The summed E-state index contributed by atoms with van der Waals surface area (Å²) in [6.07, 6.45) is 0.933. The minimum atomic E-state index is 0.0540. The van der Waals surface area contributed by atoms with Crippen LogP contribution in [0.4, 0.5) is 0 Å². The molecule has 0 radical (unpaired) electrons. The number of hydrogen-bond acceptors (Lipinski definition) is 6. The van der Waals surface area contributed by atoms with Crippen LogP contribution in [0.2, 0.25) is 0 Å². The summed E-state index contributed by atoms with van der Waals surface area (Å²) in [5.74, 6) is 1.27. The first kappa shape index (κ1) is 23.3. The summed E-state index contributed by atoms with van der Waals surface area (Å²) in [6.45, 7) is 11.9. The van der Waals surface area contributed by atoms with E-state index in [1.54, 1.807) is 0 Å². The van der Waals surface area contributed by atoms with Crippen molar-refractivity contribution in [3.63, 3.8) is 0 Å². The van der Waals surface area contributed by atoms with Crippen molar-refractivity contribution in [2.45, 2.75) is 39.3 Å². The molecule has 2 heterocycles. The zero-order valence-electron chi connectivity index (χ0n) is 18.8. The van der Waals surface area contributed by atoms with Gasteiger partial charge in [-0.15, -0.1) is 10.2 Å². The van der Waals surface area contributed by atoms with Crippen molar-refractivity contribution in [3.05, 3.63) is 35.2 Å². The highest BCUT2D eigenvalue weighted by molar-refractivity contribution is 7.99. The summed E-state index contributed by atoms with van der Waals surface area (Å²) >= 11 is 1.42. The Bertz CT molecular complexity index is 921. The highest BCUT2D eigenvalue weighted by Crippen LogP contribution is 2.25. The molecule has 2 aromatic rings. The minimum absolute atomic E-state index is 0.0540. The number of rotatable bonds is 8. The molecular formula is C22H32N6O2S. The summed E-state index contributed by atoms with van der Waals surface area (Å²) in [4.78, 5) is 28.6. The van der Waals surface area contributed by atoms with Crippen molar-refractivity contribution in [1.29, 1.82) is 0 Å². The summed E-state index contributed by atoms with van der Waals surface area (Å²) in [5.41, 5.74) is 3.36. The summed E-state index contributed by atoms with van der Waals surface area (Å²) in [5, 5.41) is 12.2. The number of piperazine rings is 1. The van der Waals surface area contributed by atoms with E-state index in [2.05, 4.69) is 52.5 Å². The number of aryl methyl sites for hydroxylation is 3. The first-order chi connectivity index (χ1) is 14.9. The fraction of sp³-hybridized carbons (Fsp3) is 0.545. The largest absolute Gasteiger partial charge is 0.355 e. The van der Waals surface area contributed by atoms with Crippen molar-refractivity contribution in [1.82, 2.24) is 29.9 Å². The molecule has 1 aromatic carbocycles. The van der Waals surface area contributed by atoms with Crippen LogP contribution in [0, 0.1) is 20.8 Å².